The summed E-state index contributed by atoms with van der Waals surface area (Å²) in [6, 6.07) is 8.39. The van der Waals surface area contributed by atoms with Crippen molar-refractivity contribution in [1.29, 1.82) is 0 Å². The first kappa shape index (κ1) is 20.9. The van der Waals surface area contributed by atoms with Crippen LogP contribution in [-0.4, -0.2) is 18.8 Å². The van der Waals surface area contributed by atoms with E-state index in [-0.39, 0.29) is 5.82 Å². The van der Waals surface area contributed by atoms with Crippen LogP contribution in [0, 0.1) is 5.82 Å². The first-order valence-electron chi connectivity index (χ1n) is 7.67. The highest BCUT2D eigenvalue weighted by Gasteiger charge is 1.98. The summed E-state index contributed by atoms with van der Waals surface area (Å²) in [4.78, 5) is 0. The molecule has 2 rings (SSSR count). The number of hydrogen-bond donors (Lipinski definition) is 0. The van der Waals surface area contributed by atoms with Crippen molar-refractivity contribution in [3.8, 4) is 5.69 Å². The van der Waals surface area contributed by atoms with Crippen LogP contribution in [0.1, 0.15) is 27.7 Å². The van der Waals surface area contributed by atoms with Crippen LogP contribution in [0.5, 0.6) is 0 Å². The summed E-state index contributed by atoms with van der Waals surface area (Å²) in [5, 5.41) is 1.97. The fourth-order valence-corrected chi connectivity index (χ4v) is 1.74. The van der Waals surface area contributed by atoms with Gasteiger partial charge in [0, 0.05) is 26.1 Å². The van der Waals surface area contributed by atoms with Crippen LogP contribution in [0.25, 0.3) is 18.3 Å². The van der Waals surface area contributed by atoms with E-state index in [4.69, 9.17) is 0 Å². The van der Waals surface area contributed by atoms with Gasteiger partial charge in [0.15, 0.2) is 0 Å². The van der Waals surface area contributed by atoms with Crippen LogP contribution in [-0.2, 0) is 4.74 Å². The molecule has 2 aromatic rings. The third-order valence-corrected chi connectivity index (χ3v) is 2.69. The predicted molar refractivity (Wildman–Crippen MR) is 98.7 cm³/mol. The van der Waals surface area contributed by atoms with Gasteiger partial charge < -0.3 is 9.30 Å². The average Bonchev–Trinajstić information content (AvgIpc) is 2.90. The number of nitrogens with zero attached hydrogens (tertiary/aromatic N) is 1. The predicted octanol–water partition coefficient (Wildman–Crippen LogP) is 4.06. The Morgan fingerprint density at radius 2 is 1.61 bits per heavy atom. The third-order valence-electron chi connectivity index (χ3n) is 2.69. The van der Waals surface area contributed by atoms with Gasteiger partial charge in [-0.1, -0.05) is 32.1 Å². The van der Waals surface area contributed by atoms with Gasteiger partial charge in [0.1, 0.15) is 5.82 Å². The first-order valence-corrected chi connectivity index (χ1v) is 7.67. The molecule has 0 bridgehead atoms. The number of halogens is 1. The van der Waals surface area contributed by atoms with Crippen molar-refractivity contribution in [2.75, 3.05) is 14.2 Å². The van der Waals surface area contributed by atoms with Crippen molar-refractivity contribution in [2.45, 2.75) is 27.7 Å². The number of ether oxygens (including phenoxy) is 1. The monoisotopic (exact) mass is 317 g/mol. The molecule has 0 spiro atoms. The van der Waals surface area contributed by atoms with Crippen LogP contribution in [0.15, 0.2) is 48.2 Å². The van der Waals surface area contributed by atoms with E-state index in [0.29, 0.717) is 0 Å². The van der Waals surface area contributed by atoms with Gasteiger partial charge in [-0.25, -0.2) is 4.39 Å². The molecule has 1 aromatic carbocycles. The van der Waals surface area contributed by atoms with Gasteiger partial charge >= 0.3 is 0 Å². The zero-order chi connectivity index (χ0) is 17.8. The Morgan fingerprint density at radius 3 is 2.09 bits per heavy atom. The standard InChI is InChI=1S/C16H16FN.C2H6O.C2H6/c1-12(2)4-9-16-13(3)10-11-18(16)15-7-5-14(17)6-8-15;1-3-2;1-2/h4-11H,3H2,1-2H3;1-2H3;1-2H3/b16-9+;;. The molecule has 0 radical (unpaired) electrons. The number of rotatable bonds is 2. The van der Waals surface area contributed by atoms with Crippen molar-refractivity contribution in [2.24, 2.45) is 0 Å². The number of allylic oxidation sites excluding steroid dienone is 2. The SMILES string of the molecule is C=c1ccn(-c2ccc(F)cc2)/c1=C/C=C(C)C.CC.COC. The fourth-order valence-electron chi connectivity index (χ4n) is 1.74. The third kappa shape index (κ3) is 7.11. The summed E-state index contributed by atoms with van der Waals surface area (Å²) in [5.74, 6) is -0.226. The highest BCUT2D eigenvalue weighted by atomic mass is 19.1. The van der Waals surface area contributed by atoms with Crippen LogP contribution >= 0.6 is 0 Å². The Morgan fingerprint density at radius 1 is 1.09 bits per heavy atom. The minimum absolute atomic E-state index is 0.226. The summed E-state index contributed by atoms with van der Waals surface area (Å²) in [5.41, 5.74) is 2.15. The topological polar surface area (TPSA) is 14.2 Å². The molecule has 1 heterocycles. The highest BCUT2D eigenvalue weighted by molar-refractivity contribution is 5.42. The number of benzene rings is 1. The lowest BCUT2D eigenvalue weighted by molar-refractivity contribution is 0.277. The molecule has 0 atom stereocenters. The molecule has 0 amide bonds. The van der Waals surface area contributed by atoms with Crippen molar-refractivity contribution in [1.82, 2.24) is 4.57 Å². The van der Waals surface area contributed by atoms with E-state index in [2.05, 4.69) is 11.3 Å². The molecular weight excluding hydrogens is 289 g/mol. The quantitative estimate of drug-likeness (QED) is 0.814. The Labute approximate surface area is 139 Å². The molecule has 0 saturated heterocycles. The van der Waals surface area contributed by atoms with Gasteiger partial charge in [-0.15, -0.1) is 0 Å². The van der Waals surface area contributed by atoms with Gasteiger partial charge in [-0.2, -0.15) is 0 Å². The fraction of sp³-hybridized carbons (Fsp3) is 0.300. The van der Waals surface area contributed by atoms with Gasteiger partial charge in [0.2, 0.25) is 0 Å². The lowest BCUT2D eigenvalue weighted by Gasteiger charge is -2.03. The normalized spacial score (nSPS) is 10.1. The van der Waals surface area contributed by atoms with E-state index < -0.39 is 0 Å². The largest absolute Gasteiger partial charge is 0.388 e. The van der Waals surface area contributed by atoms with E-state index in [1.807, 2.05) is 56.7 Å². The van der Waals surface area contributed by atoms with Crippen molar-refractivity contribution in [3.05, 3.63) is 64.6 Å². The van der Waals surface area contributed by atoms with Crippen LogP contribution in [0.2, 0.25) is 0 Å². The highest BCUT2D eigenvalue weighted by Crippen LogP contribution is 2.05. The number of aromatic nitrogens is 1. The lowest BCUT2D eigenvalue weighted by Crippen LogP contribution is -2.26. The molecule has 0 saturated carbocycles. The van der Waals surface area contributed by atoms with E-state index in [1.165, 1.54) is 17.7 Å². The zero-order valence-corrected chi connectivity index (χ0v) is 15.1. The Hall–Kier alpha value is -2.13. The summed E-state index contributed by atoms with van der Waals surface area (Å²) >= 11 is 0. The van der Waals surface area contributed by atoms with Gasteiger partial charge in [-0.3, -0.25) is 0 Å². The van der Waals surface area contributed by atoms with Crippen LogP contribution in [0.3, 0.4) is 0 Å². The maximum atomic E-state index is 12.9. The Bertz CT molecular complexity index is 692. The van der Waals surface area contributed by atoms with Gasteiger partial charge in [-0.05, 0) is 55.5 Å². The van der Waals surface area contributed by atoms with Crippen LogP contribution in [0.4, 0.5) is 4.39 Å². The molecule has 1 aromatic heterocycles. The zero-order valence-electron chi connectivity index (χ0n) is 15.1. The second-order valence-electron chi connectivity index (χ2n) is 4.89. The molecule has 126 valence electrons. The summed E-state index contributed by atoms with van der Waals surface area (Å²) in [6.07, 6.45) is 6.02. The van der Waals surface area contributed by atoms with Crippen molar-refractivity contribution >= 4 is 12.7 Å². The average molecular weight is 317 g/mol. The van der Waals surface area contributed by atoms with E-state index in [9.17, 15) is 4.39 Å². The number of methoxy groups -OCH3 is 1. The molecule has 23 heavy (non-hydrogen) atoms. The molecule has 0 aliphatic rings. The summed E-state index contributed by atoms with van der Waals surface area (Å²) in [6.45, 7) is 12.1. The minimum Gasteiger partial charge on any atom is -0.388 e. The molecular formula is C20H28FNO. The van der Waals surface area contributed by atoms with E-state index in [0.717, 1.165) is 16.3 Å². The van der Waals surface area contributed by atoms with Crippen molar-refractivity contribution < 1.29 is 9.13 Å². The van der Waals surface area contributed by atoms with Crippen molar-refractivity contribution in [3.63, 3.8) is 0 Å². The molecule has 0 unspecified atom stereocenters. The second kappa shape index (κ2) is 11.4. The van der Waals surface area contributed by atoms with Gasteiger partial charge in [0.05, 0.1) is 5.35 Å². The lowest BCUT2D eigenvalue weighted by atomic mass is 10.3. The first-order chi connectivity index (χ1) is 11.0. The smallest absolute Gasteiger partial charge is 0.123 e. The summed E-state index contributed by atoms with van der Waals surface area (Å²) < 4.78 is 19.2. The molecule has 0 N–H and O–H groups in total. The van der Waals surface area contributed by atoms with Crippen LogP contribution < -0.4 is 10.6 Å². The van der Waals surface area contributed by atoms with E-state index >= 15 is 0 Å². The number of hydrogen-bond acceptors (Lipinski definition) is 1. The Kier molecular flexibility index (Phi) is 10.4. The Balaban J connectivity index is 0.000000868. The summed E-state index contributed by atoms with van der Waals surface area (Å²) in [7, 11) is 3.25. The molecule has 2 nitrogen and oxygen atoms in total. The van der Waals surface area contributed by atoms with E-state index in [1.54, 1.807) is 26.4 Å². The maximum absolute atomic E-state index is 12.9. The van der Waals surface area contributed by atoms with Gasteiger partial charge in [0.25, 0.3) is 0 Å². The molecule has 3 heteroatoms. The second-order valence-corrected chi connectivity index (χ2v) is 4.89. The minimum atomic E-state index is -0.226. The molecule has 0 aliphatic heterocycles. The molecule has 0 aliphatic carbocycles. The molecule has 0 fully saturated rings. The maximum Gasteiger partial charge on any atom is 0.123 e.